The predicted molar refractivity (Wildman–Crippen MR) is 237 cm³/mol. The molecule has 0 unspecified atom stereocenters. The number of nitrogens with zero attached hydrogens (tertiary/aromatic N) is 4. The second-order valence-corrected chi connectivity index (χ2v) is 15.8. The monoisotopic (exact) mass is 758 g/mol. The third-order valence-electron chi connectivity index (χ3n) is 12.0. The van der Waals surface area contributed by atoms with Gasteiger partial charge in [-0.05, 0) is 86.6 Å². The van der Waals surface area contributed by atoms with E-state index in [0.717, 1.165) is 71.6 Å². The maximum Gasteiger partial charge on any atom is 0.227 e. The molecule has 0 radical (unpaired) electrons. The van der Waals surface area contributed by atoms with Gasteiger partial charge in [-0.1, -0.05) is 141 Å². The Morgan fingerprint density at radius 1 is 0.390 bits per heavy atom. The first-order valence-electron chi connectivity index (χ1n) is 19.9. The van der Waals surface area contributed by atoms with Crippen molar-refractivity contribution in [1.29, 1.82) is 0 Å². The van der Waals surface area contributed by atoms with Gasteiger partial charge in [-0.15, -0.1) is 0 Å². The summed E-state index contributed by atoms with van der Waals surface area (Å²) in [5.74, 6) is 2.38. The fraction of sp³-hybridized carbons (Fsp3) is 0.0566. The van der Waals surface area contributed by atoms with Crippen molar-refractivity contribution in [2.45, 2.75) is 19.3 Å². The summed E-state index contributed by atoms with van der Waals surface area (Å²) in [6.07, 6.45) is 0. The topological polar surface area (TPSA) is 77.8 Å². The van der Waals surface area contributed by atoms with Crippen molar-refractivity contribution in [2.24, 2.45) is 0 Å². The SMILES string of the molecule is CC1(C)c2ccccc2-c2cc(-c3nc(-c4ccc(-c5ccccc5)cc4)nc(-c4ccc5ccc6oc7ccc8oc(-c9ccccc9)nc8c7c6c5c4)n3)ccc21. The summed E-state index contributed by atoms with van der Waals surface area (Å²) in [7, 11) is 0. The van der Waals surface area contributed by atoms with E-state index in [9.17, 15) is 0 Å². The fourth-order valence-electron chi connectivity index (χ4n) is 8.97. The molecule has 3 heterocycles. The molecule has 6 nitrogen and oxygen atoms in total. The number of fused-ring (bicyclic) bond motifs is 10. The molecule has 0 saturated carbocycles. The Labute approximate surface area is 339 Å². The summed E-state index contributed by atoms with van der Waals surface area (Å²) in [4.78, 5) is 20.6. The highest BCUT2D eigenvalue weighted by Gasteiger charge is 2.35. The number of aromatic nitrogens is 4. The lowest BCUT2D eigenvalue weighted by Gasteiger charge is -2.21. The molecule has 8 aromatic carbocycles. The van der Waals surface area contributed by atoms with E-state index in [1.165, 1.54) is 22.3 Å². The van der Waals surface area contributed by atoms with Crippen molar-refractivity contribution in [3.8, 4) is 67.9 Å². The first-order chi connectivity index (χ1) is 29.0. The molecule has 0 spiro atoms. The molecule has 0 aliphatic heterocycles. The Bertz CT molecular complexity index is 3460. The van der Waals surface area contributed by atoms with Gasteiger partial charge in [0.2, 0.25) is 5.89 Å². The number of hydrogen-bond acceptors (Lipinski definition) is 6. The van der Waals surface area contributed by atoms with Crippen LogP contribution in [-0.2, 0) is 5.41 Å². The highest BCUT2D eigenvalue weighted by Crippen LogP contribution is 2.49. The normalized spacial score (nSPS) is 13.1. The third-order valence-corrected chi connectivity index (χ3v) is 12.0. The molecule has 0 fully saturated rings. The van der Waals surface area contributed by atoms with Crippen LogP contribution in [0.25, 0.3) is 112 Å². The maximum atomic E-state index is 6.48. The smallest absolute Gasteiger partial charge is 0.227 e. The molecule has 0 saturated heterocycles. The van der Waals surface area contributed by atoms with Crippen molar-refractivity contribution in [2.75, 3.05) is 0 Å². The van der Waals surface area contributed by atoms with E-state index in [-0.39, 0.29) is 5.41 Å². The predicted octanol–water partition coefficient (Wildman–Crippen LogP) is 13.7. The number of rotatable bonds is 5. The summed E-state index contributed by atoms with van der Waals surface area (Å²) in [6.45, 7) is 4.59. The lowest BCUT2D eigenvalue weighted by molar-refractivity contribution is 0.619. The molecule has 59 heavy (non-hydrogen) atoms. The molecule has 3 aromatic heterocycles. The molecule has 1 aliphatic carbocycles. The fourth-order valence-corrected chi connectivity index (χ4v) is 8.97. The molecular weight excluding hydrogens is 725 g/mol. The van der Waals surface area contributed by atoms with Crippen LogP contribution in [0.2, 0.25) is 0 Å². The van der Waals surface area contributed by atoms with Gasteiger partial charge in [0, 0.05) is 33.1 Å². The minimum Gasteiger partial charge on any atom is -0.456 e. The Balaban J connectivity index is 1.05. The Hall–Kier alpha value is -7.70. The number of benzene rings is 8. The largest absolute Gasteiger partial charge is 0.456 e. The van der Waals surface area contributed by atoms with E-state index < -0.39 is 0 Å². The standard InChI is InChI=1S/C53H34N4O2/c1-53(2)41-16-10-9-15-38(41)40-30-37(23-25-42(40)53)51-56-49(34-20-17-32(18-21-34)31-11-5-3-6-12-31)55-50(57-51)36-22-19-33-24-26-43-46(39(33)29-36)47-44(58-43)27-28-45-48(47)54-52(59-45)35-13-7-4-8-14-35/h3-30H,1-2H3. The summed E-state index contributed by atoms with van der Waals surface area (Å²) in [6, 6.07) is 58.6. The van der Waals surface area contributed by atoms with E-state index in [1.54, 1.807) is 0 Å². The van der Waals surface area contributed by atoms with Crippen LogP contribution in [0.3, 0.4) is 0 Å². The summed E-state index contributed by atoms with van der Waals surface area (Å²) in [5, 5.41) is 3.98. The Kier molecular flexibility index (Phi) is 7.17. The van der Waals surface area contributed by atoms with Gasteiger partial charge in [-0.2, -0.15) is 0 Å². The third kappa shape index (κ3) is 5.26. The van der Waals surface area contributed by atoms with Crippen LogP contribution in [0.4, 0.5) is 0 Å². The second kappa shape index (κ2) is 12.7. The van der Waals surface area contributed by atoms with Gasteiger partial charge < -0.3 is 8.83 Å². The molecule has 0 atom stereocenters. The summed E-state index contributed by atoms with van der Waals surface area (Å²) < 4.78 is 12.8. The van der Waals surface area contributed by atoms with Gasteiger partial charge in [0.15, 0.2) is 23.1 Å². The summed E-state index contributed by atoms with van der Waals surface area (Å²) in [5.41, 5.74) is 13.9. The lowest BCUT2D eigenvalue weighted by Crippen LogP contribution is -2.14. The van der Waals surface area contributed by atoms with Crippen LogP contribution in [-0.4, -0.2) is 19.9 Å². The van der Waals surface area contributed by atoms with Crippen LogP contribution in [0.5, 0.6) is 0 Å². The van der Waals surface area contributed by atoms with Crippen molar-refractivity contribution in [3.63, 3.8) is 0 Å². The minimum atomic E-state index is -0.102. The van der Waals surface area contributed by atoms with E-state index in [0.29, 0.717) is 28.9 Å². The van der Waals surface area contributed by atoms with Gasteiger partial charge in [-0.3, -0.25) is 0 Å². The average Bonchev–Trinajstić information content (AvgIpc) is 3.97. The number of oxazole rings is 1. The zero-order chi connectivity index (χ0) is 39.2. The van der Waals surface area contributed by atoms with Crippen molar-refractivity contribution in [3.05, 3.63) is 181 Å². The van der Waals surface area contributed by atoms with Gasteiger partial charge in [-0.25, -0.2) is 19.9 Å². The first-order valence-corrected chi connectivity index (χ1v) is 19.9. The average molecular weight is 759 g/mol. The van der Waals surface area contributed by atoms with Crippen molar-refractivity contribution >= 4 is 43.8 Å². The van der Waals surface area contributed by atoms with E-state index in [2.05, 4.69) is 129 Å². The second-order valence-electron chi connectivity index (χ2n) is 15.8. The van der Waals surface area contributed by atoms with Crippen LogP contribution < -0.4 is 0 Å². The molecule has 6 heteroatoms. The molecule has 1 aliphatic rings. The lowest BCUT2D eigenvalue weighted by atomic mass is 9.82. The van der Waals surface area contributed by atoms with Crippen LogP contribution in [0.15, 0.2) is 179 Å². The van der Waals surface area contributed by atoms with Crippen molar-refractivity contribution in [1.82, 2.24) is 19.9 Å². The van der Waals surface area contributed by atoms with Crippen LogP contribution in [0.1, 0.15) is 25.0 Å². The molecule has 0 bridgehead atoms. The van der Waals surface area contributed by atoms with Gasteiger partial charge in [0.1, 0.15) is 16.7 Å². The summed E-state index contributed by atoms with van der Waals surface area (Å²) >= 11 is 0. The Morgan fingerprint density at radius 2 is 0.932 bits per heavy atom. The first kappa shape index (κ1) is 33.4. The quantitative estimate of drug-likeness (QED) is 0.174. The minimum absolute atomic E-state index is 0.102. The maximum absolute atomic E-state index is 6.48. The van der Waals surface area contributed by atoms with Gasteiger partial charge >= 0.3 is 0 Å². The van der Waals surface area contributed by atoms with Gasteiger partial charge in [0.25, 0.3) is 0 Å². The molecule has 12 rings (SSSR count). The van der Waals surface area contributed by atoms with Crippen LogP contribution >= 0.6 is 0 Å². The number of furan rings is 1. The molecular formula is C53H34N4O2. The zero-order valence-corrected chi connectivity index (χ0v) is 32.3. The van der Waals surface area contributed by atoms with Crippen LogP contribution in [0, 0.1) is 0 Å². The van der Waals surface area contributed by atoms with E-state index in [1.807, 2.05) is 54.6 Å². The molecule has 0 amide bonds. The van der Waals surface area contributed by atoms with Crippen molar-refractivity contribution < 1.29 is 8.83 Å². The highest BCUT2D eigenvalue weighted by atomic mass is 16.4. The highest BCUT2D eigenvalue weighted by molar-refractivity contribution is 6.25. The van der Waals surface area contributed by atoms with Gasteiger partial charge in [0.05, 0.1) is 5.39 Å². The van der Waals surface area contributed by atoms with E-state index >= 15 is 0 Å². The molecule has 278 valence electrons. The molecule has 11 aromatic rings. The van der Waals surface area contributed by atoms with E-state index in [4.69, 9.17) is 28.8 Å². The number of hydrogen-bond donors (Lipinski definition) is 0. The zero-order valence-electron chi connectivity index (χ0n) is 32.3. The Morgan fingerprint density at radius 3 is 1.71 bits per heavy atom. The molecule has 0 N–H and O–H groups in total.